The van der Waals surface area contributed by atoms with Crippen molar-refractivity contribution >= 4 is 11.8 Å². The topological polar surface area (TPSA) is 96.7 Å². The molecule has 2 N–H and O–H groups in total. The van der Waals surface area contributed by atoms with Crippen LogP contribution < -0.4 is 10.6 Å². The summed E-state index contributed by atoms with van der Waals surface area (Å²) >= 11 is 0. The zero-order valence-electron chi connectivity index (χ0n) is 20.6. The lowest BCUT2D eigenvalue weighted by Crippen LogP contribution is -2.59. The number of hydrogen-bond donors (Lipinski definition) is 2. The largest absolute Gasteiger partial charge is 0.382 e. The fraction of sp³-hybridized carbons (Fsp3) is 0.560. The van der Waals surface area contributed by atoms with Gasteiger partial charge in [0.05, 0.1) is 23.6 Å². The van der Waals surface area contributed by atoms with Crippen LogP contribution in [0, 0.1) is 29.3 Å². The van der Waals surface area contributed by atoms with Gasteiger partial charge in [0, 0.05) is 51.0 Å². The minimum absolute atomic E-state index is 0.195. The molecule has 1 aliphatic carbocycles. The second-order valence-electron chi connectivity index (χ2n) is 10.3. The summed E-state index contributed by atoms with van der Waals surface area (Å²) < 4.78 is 51.6. The van der Waals surface area contributed by atoms with E-state index in [9.17, 15) is 22.8 Å². The van der Waals surface area contributed by atoms with Crippen molar-refractivity contribution < 1.29 is 32.0 Å². The van der Waals surface area contributed by atoms with Gasteiger partial charge in [0.1, 0.15) is 17.5 Å². The van der Waals surface area contributed by atoms with Crippen LogP contribution in [0.3, 0.4) is 0 Å². The van der Waals surface area contributed by atoms with Crippen LogP contribution in [-0.4, -0.2) is 66.8 Å². The van der Waals surface area contributed by atoms with Crippen LogP contribution in [0.4, 0.5) is 13.2 Å². The number of amides is 2. The van der Waals surface area contributed by atoms with Crippen LogP contribution in [0.2, 0.25) is 0 Å². The van der Waals surface area contributed by atoms with Crippen molar-refractivity contribution in [2.45, 2.75) is 44.7 Å². The second-order valence-corrected chi connectivity index (χ2v) is 10.3. The van der Waals surface area contributed by atoms with Gasteiger partial charge >= 0.3 is 0 Å². The highest BCUT2D eigenvalue weighted by atomic mass is 19.1. The molecule has 8 nitrogen and oxygen atoms in total. The molecule has 2 amide bonds. The van der Waals surface area contributed by atoms with Crippen molar-refractivity contribution in [2.24, 2.45) is 11.8 Å². The molecule has 1 aliphatic heterocycles. The molecule has 1 aromatic carbocycles. The molecule has 1 aromatic heterocycles. The average molecular weight is 509 g/mol. The maximum absolute atomic E-state index is 14.1. The Hall–Kier alpha value is -2.92. The third-order valence-corrected chi connectivity index (χ3v) is 6.53. The highest BCUT2D eigenvalue weighted by Crippen LogP contribution is 2.32. The highest BCUT2D eigenvalue weighted by molar-refractivity contribution is 5.94. The molecule has 196 valence electrons. The van der Waals surface area contributed by atoms with Gasteiger partial charge in [0.15, 0.2) is 11.5 Å². The van der Waals surface area contributed by atoms with Gasteiger partial charge in [-0.3, -0.25) is 9.59 Å². The number of nitrogens with zero attached hydrogens (tertiary/aromatic N) is 2. The summed E-state index contributed by atoms with van der Waals surface area (Å²) in [6.45, 7) is 6.18. The number of hydrogen-bond acceptors (Lipinski definition) is 6. The number of carbonyl (C=O) groups is 2. The van der Waals surface area contributed by atoms with E-state index >= 15 is 0 Å². The molecule has 2 atom stereocenters. The summed E-state index contributed by atoms with van der Waals surface area (Å²) in [6.07, 6.45) is 2.93. The summed E-state index contributed by atoms with van der Waals surface area (Å²) in [5.41, 5.74) is -1.41. The number of carbonyl (C=O) groups excluding carboxylic acids is 2. The number of methoxy groups -OCH3 is 1. The lowest BCUT2D eigenvalue weighted by molar-refractivity contribution is -0.130. The van der Waals surface area contributed by atoms with Gasteiger partial charge in [-0.05, 0) is 39.0 Å². The first-order valence-corrected chi connectivity index (χ1v) is 12.0. The quantitative estimate of drug-likeness (QED) is 0.540. The summed E-state index contributed by atoms with van der Waals surface area (Å²) in [6, 6.07) is 1.65. The lowest BCUT2D eigenvalue weighted by Gasteiger charge is -2.39. The number of likely N-dealkylation sites (tertiary alicyclic amines) is 1. The van der Waals surface area contributed by atoms with Crippen LogP contribution in [0.5, 0.6) is 0 Å². The van der Waals surface area contributed by atoms with Gasteiger partial charge in [0.2, 0.25) is 5.91 Å². The van der Waals surface area contributed by atoms with E-state index in [0.717, 1.165) is 19.2 Å². The van der Waals surface area contributed by atoms with Gasteiger partial charge < -0.3 is 24.8 Å². The first kappa shape index (κ1) is 26.2. The number of ether oxygens (including phenoxy) is 1. The van der Waals surface area contributed by atoms with Gasteiger partial charge in [-0.2, -0.15) is 0 Å². The van der Waals surface area contributed by atoms with E-state index in [1.165, 1.54) is 12.8 Å². The molecule has 0 spiro atoms. The monoisotopic (exact) mass is 508 g/mol. The Morgan fingerprint density at radius 3 is 2.50 bits per heavy atom. The number of aromatic nitrogens is 1. The second kappa shape index (κ2) is 10.6. The number of halogens is 3. The Balaban J connectivity index is 1.48. The van der Waals surface area contributed by atoms with Crippen molar-refractivity contribution in [2.75, 3.05) is 33.4 Å². The molecule has 0 bridgehead atoms. The van der Waals surface area contributed by atoms with E-state index in [0.29, 0.717) is 37.6 Å². The van der Waals surface area contributed by atoms with Crippen LogP contribution in [0.15, 0.2) is 22.7 Å². The van der Waals surface area contributed by atoms with Crippen molar-refractivity contribution in [1.29, 1.82) is 0 Å². The molecule has 11 heteroatoms. The number of rotatable bonds is 9. The Bertz CT molecular complexity index is 1100. The zero-order valence-corrected chi connectivity index (χ0v) is 20.6. The Kier molecular flexibility index (Phi) is 7.70. The predicted octanol–water partition coefficient (Wildman–Crippen LogP) is 3.13. The number of piperidine rings is 1. The van der Waals surface area contributed by atoms with Crippen LogP contribution in [0.25, 0.3) is 11.3 Å². The summed E-state index contributed by atoms with van der Waals surface area (Å²) in [5.74, 6) is -4.45. The van der Waals surface area contributed by atoms with Crippen LogP contribution >= 0.6 is 0 Å². The van der Waals surface area contributed by atoms with E-state index < -0.39 is 46.4 Å². The van der Waals surface area contributed by atoms with Gasteiger partial charge in [0.25, 0.3) is 5.91 Å². The molecule has 1 saturated carbocycles. The molecule has 2 fully saturated rings. The molecule has 1 saturated heterocycles. The third-order valence-electron chi connectivity index (χ3n) is 6.53. The van der Waals surface area contributed by atoms with Crippen molar-refractivity contribution in [3.63, 3.8) is 0 Å². The van der Waals surface area contributed by atoms with E-state index in [1.54, 1.807) is 7.11 Å². The molecule has 4 rings (SSSR count). The normalized spacial score (nSPS) is 20.8. The van der Waals surface area contributed by atoms with Crippen molar-refractivity contribution in [1.82, 2.24) is 20.7 Å². The molecule has 2 aliphatic rings. The smallest absolute Gasteiger partial charge is 0.273 e. The first-order chi connectivity index (χ1) is 17.1. The zero-order chi connectivity index (χ0) is 26.0. The fourth-order valence-corrected chi connectivity index (χ4v) is 4.63. The Morgan fingerprint density at radius 1 is 1.17 bits per heavy atom. The van der Waals surface area contributed by atoms with Crippen LogP contribution in [-0.2, 0) is 9.53 Å². The molecule has 0 radical (unpaired) electrons. The average Bonchev–Trinajstić information content (AvgIpc) is 3.46. The minimum Gasteiger partial charge on any atom is -0.382 e. The number of nitrogens with one attached hydrogen (secondary N) is 2. The third kappa shape index (κ3) is 6.25. The Labute approximate surface area is 207 Å². The molecule has 2 aromatic rings. The van der Waals surface area contributed by atoms with Crippen molar-refractivity contribution in [3.8, 4) is 11.3 Å². The van der Waals surface area contributed by atoms with E-state index in [-0.39, 0.29) is 17.4 Å². The van der Waals surface area contributed by atoms with Gasteiger partial charge in [-0.25, -0.2) is 13.2 Å². The standard InChI is InChI=1S/C25H31F3N4O4/c1-25(2,13-35-3)30-23(33)16-12-32(11-14-4-5-14)7-6-19(16)29-24(34)20-10-21(36-31-20)22-17(27)8-15(26)9-18(22)28/h8-10,14,16,19H,4-7,11-13H2,1-3H3,(H,29,34)(H,30,33). The summed E-state index contributed by atoms with van der Waals surface area (Å²) in [5, 5.41) is 9.50. The number of benzene rings is 1. The highest BCUT2D eigenvalue weighted by Gasteiger charge is 2.39. The summed E-state index contributed by atoms with van der Waals surface area (Å²) in [7, 11) is 1.56. The molecule has 2 heterocycles. The first-order valence-electron chi connectivity index (χ1n) is 12.0. The van der Waals surface area contributed by atoms with E-state index in [4.69, 9.17) is 9.26 Å². The molecular weight excluding hydrogens is 477 g/mol. The van der Waals surface area contributed by atoms with Crippen LogP contribution in [0.1, 0.15) is 43.6 Å². The predicted molar refractivity (Wildman–Crippen MR) is 124 cm³/mol. The molecule has 2 unspecified atom stereocenters. The maximum atomic E-state index is 14.1. The molecule has 36 heavy (non-hydrogen) atoms. The van der Waals surface area contributed by atoms with Crippen molar-refractivity contribution in [3.05, 3.63) is 41.3 Å². The SMILES string of the molecule is COCC(C)(C)NC(=O)C1CN(CC2CC2)CCC1NC(=O)c1cc(-c2c(F)cc(F)cc2F)on1. The minimum atomic E-state index is -1.17. The fourth-order valence-electron chi connectivity index (χ4n) is 4.63. The van der Waals surface area contributed by atoms with E-state index in [1.807, 2.05) is 13.8 Å². The maximum Gasteiger partial charge on any atom is 0.273 e. The summed E-state index contributed by atoms with van der Waals surface area (Å²) in [4.78, 5) is 28.5. The Morgan fingerprint density at radius 2 is 1.86 bits per heavy atom. The van der Waals surface area contributed by atoms with Gasteiger partial charge in [-0.15, -0.1) is 0 Å². The molecular formula is C25H31F3N4O4. The van der Waals surface area contributed by atoms with E-state index in [2.05, 4.69) is 20.7 Å². The van der Waals surface area contributed by atoms with Gasteiger partial charge in [-0.1, -0.05) is 5.16 Å². The lowest BCUT2D eigenvalue weighted by atomic mass is 9.89.